The van der Waals surface area contributed by atoms with Gasteiger partial charge in [0.15, 0.2) is 0 Å². The van der Waals surface area contributed by atoms with Gasteiger partial charge >= 0.3 is 72.3 Å². The predicted molar refractivity (Wildman–Crippen MR) is 43.5 cm³/mol. The van der Waals surface area contributed by atoms with Crippen molar-refractivity contribution in [3.05, 3.63) is 24.3 Å². The van der Waals surface area contributed by atoms with E-state index in [2.05, 4.69) is 0 Å². The average Bonchev–Trinajstić information content (AvgIpc) is 2.03. The standard InChI is InChI=1S/C7H9AsO4/c1-12-7-4-2-3-6(5-7)8(9,10)11/h2-5H,1H3,(H2,9,10,11). The van der Waals surface area contributed by atoms with Gasteiger partial charge in [-0.25, -0.2) is 0 Å². The third-order valence-electron chi connectivity index (χ3n) is 1.39. The molecular weight excluding hydrogens is 223 g/mol. The van der Waals surface area contributed by atoms with Gasteiger partial charge in [-0.3, -0.25) is 0 Å². The molecule has 0 aliphatic rings. The Morgan fingerprint density at radius 3 is 2.58 bits per heavy atom. The first-order valence-electron chi connectivity index (χ1n) is 3.24. The molecule has 0 spiro atoms. The molecular formula is C7H9AsO4. The molecule has 2 N–H and O–H groups in total. The van der Waals surface area contributed by atoms with Crippen LogP contribution in [-0.4, -0.2) is 29.5 Å². The van der Waals surface area contributed by atoms with Crippen molar-refractivity contribution in [3.8, 4) is 5.75 Å². The van der Waals surface area contributed by atoms with Gasteiger partial charge in [-0.05, 0) is 0 Å². The minimum absolute atomic E-state index is 0.0347. The molecule has 0 aliphatic carbocycles. The van der Waals surface area contributed by atoms with Crippen LogP contribution in [0.2, 0.25) is 0 Å². The van der Waals surface area contributed by atoms with Crippen LogP contribution in [0.3, 0.4) is 0 Å². The Labute approximate surface area is 72.8 Å². The molecule has 0 saturated carbocycles. The number of hydrogen-bond acceptors (Lipinski definition) is 2. The average molecular weight is 232 g/mol. The predicted octanol–water partition coefficient (Wildman–Crippen LogP) is -0.744. The first-order valence-corrected chi connectivity index (χ1v) is 6.62. The molecule has 0 heterocycles. The molecule has 0 unspecified atom stereocenters. The molecule has 0 radical (unpaired) electrons. The summed E-state index contributed by atoms with van der Waals surface area (Å²) in [6.45, 7) is 0. The van der Waals surface area contributed by atoms with Crippen molar-refractivity contribution < 1.29 is 16.7 Å². The van der Waals surface area contributed by atoms with Gasteiger partial charge in [0, 0.05) is 0 Å². The van der Waals surface area contributed by atoms with E-state index in [1.54, 1.807) is 12.1 Å². The van der Waals surface area contributed by atoms with E-state index in [1.807, 2.05) is 0 Å². The van der Waals surface area contributed by atoms with Crippen LogP contribution in [0.5, 0.6) is 5.75 Å². The van der Waals surface area contributed by atoms with Gasteiger partial charge in [0.25, 0.3) is 0 Å². The fourth-order valence-corrected chi connectivity index (χ4v) is 2.00. The third-order valence-corrected chi connectivity index (χ3v) is 3.38. The SMILES string of the molecule is COc1cccc([As](=O)(O)O)c1. The Morgan fingerprint density at radius 2 is 2.08 bits per heavy atom. The number of hydrogen-bond donors (Lipinski definition) is 2. The van der Waals surface area contributed by atoms with Crippen molar-refractivity contribution in [3.63, 3.8) is 0 Å². The summed E-state index contributed by atoms with van der Waals surface area (Å²) in [5, 5.41) is 0. The van der Waals surface area contributed by atoms with Crippen LogP contribution < -0.4 is 9.09 Å². The van der Waals surface area contributed by atoms with E-state index in [-0.39, 0.29) is 4.35 Å². The van der Waals surface area contributed by atoms with E-state index >= 15 is 0 Å². The molecule has 0 atom stereocenters. The summed E-state index contributed by atoms with van der Waals surface area (Å²) >= 11 is -4.73. The maximum atomic E-state index is 10.8. The second kappa shape index (κ2) is 3.35. The zero-order valence-corrected chi connectivity index (χ0v) is 8.34. The maximum absolute atomic E-state index is 10.8. The molecule has 1 aromatic rings. The summed E-state index contributed by atoms with van der Waals surface area (Å²) in [5.74, 6) is 0.456. The quantitative estimate of drug-likeness (QED) is 0.659. The van der Waals surface area contributed by atoms with Gasteiger partial charge < -0.3 is 0 Å². The molecule has 0 fully saturated rings. The molecule has 0 bridgehead atoms. The third kappa shape index (κ3) is 2.14. The van der Waals surface area contributed by atoms with Crippen LogP contribution in [0.25, 0.3) is 0 Å². The van der Waals surface area contributed by atoms with Gasteiger partial charge in [-0.1, -0.05) is 0 Å². The van der Waals surface area contributed by atoms with E-state index in [9.17, 15) is 3.74 Å². The Bertz CT molecular complexity index is 317. The second-order valence-electron chi connectivity index (χ2n) is 2.25. The van der Waals surface area contributed by atoms with Crippen molar-refractivity contribution in [1.29, 1.82) is 0 Å². The van der Waals surface area contributed by atoms with Crippen LogP contribution in [0.15, 0.2) is 24.3 Å². The van der Waals surface area contributed by atoms with Crippen molar-refractivity contribution in [2.45, 2.75) is 0 Å². The summed E-state index contributed by atoms with van der Waals surface area (Å²) < 4.78 is 33.3. The minimum atomic E-state index is -4.73. The summed E-state index contributed by atoms with van der Waals surface area (Å²) in [7, 11) is 1.45. The Balaban J connectivity index is 3.11. The van der Waals surface area contributed by atoms with E-state index in [0.717, 1.165) is 0 Å². The monoisotopic (exact) mass is 232 g/mol. The Hall–Kier alpha value is -0.702. The van der Waals surface area contributed by atoms with Gasteiger partial charge in [0.05, 0.1) is 0 Å². The van der Waals surface area contributed by atoms with Crippen LogP contribution in [0.4, 0.5) is 0 Å². The summed E-state index contributed by atoms with van der Waals surface area (Å²) in [4.78, 5) is 0. The zero-order chi connectivity index (χ0) is 9.19. The number of ether oxygens (including phenoxy) is 1. The fourth-order valence-electron chi connectivity index (χ4n) is 0.792. The number of methoxy groups -OCH3 is 1. The second-order valence-corrected chi connectivity index (χ2v) is 5.61. The van der Waals surface area contributed by atoms with E-state index in [4.69, 9.17) is 12.9 Å². The first-order chi connectivity index (χ1) is 5.54. The fraction of sp³-hybridized carbons (Fsp3) is 0.143. The van der Waals surface area contributed by atoms with E-state index in [1.165, 1.54) is 19.2 Å². The molecule has 0 amide bonds. The van der Waals surface area contributed by atoms with Crippen molar-refractivity contribution in [1.82, 2.24) is 0 Å². The molecule has 1 aromatic carbocycles. The number of rotatable bonds is 2. The molecule has 4 nitrogen and oxygen atoms in total. The zero-order valence-electron chi connectivity index (χ0n) is 6.47. The van der Waals surface area contributed by atoms with Crippen LogP contribution in [0.1, 0.15) is 0 Å². The Morgan fingerprint density at radius 1 is 1.42 bits per heavy atom. The van der Waals surface area contributed by atoms with E-state index < -0.39 is 14.2 Å². The summed E-state index contributed by atoms with van der Waals surface area (Å²) in [6.07, 6.45) is 0. The summed E-state index contributed by atoms with van der Waals surface area (Å²) in [6, 6.07) is 5.92. The molecule has 0 aliphatic heterocycles. The Kier molecular flexibility index (Phi) is 2.62. The van der Waals surface area contributed by atoms with Gasteiger partial charge in [0.1, 0.15) is 0 Å². The van der Waals surface area contributed by atoms with Gasteiger partial charge in [-0.2, -0.15) is 0 Å². The van der Waals surface area contributed by atoms with Crippen molar-refractivity contribution in [2.24, 2.45) is 0 Å². The van der Waals surface area contributed by atoms with Gasteiger partial charge in [0.2, 0.25) is 0 Å². The van der Waals surface area contributed by atoms with Crippen LogP contribution >= 0.6 is 0 Å². The molecule has 1 rings (SSSR count). The topological polar surface area (TPSA) is 66.8 Å². The molecule has 66 valence electrons. The molecule has 12 heavy (non-hydrogen) atoms. The molecule has 0 aromatic heterocycles. The first kappa shape index (κ1) is 9.39. The van der Waals surface area contributed by atoms with Crippen LogP contribution in [0, 0.1) is 0 Å². The molecule has 0 saturated heterocycles. The van der Waals surface area contributed by atoms with Crippen molar-refractivity contribution in [2.75, 3.05) is 7.11 Å². The summed E-state index contributed by atoms with van der Waals surface area (Å²) in [5.41, 5.74) is 0. The van der Waals surface area contributed by atoms with Gasteiger partial charge in [-0.15, -0.1) is 0 Å². The van der Waals surface area contributed by atoms with Crippen LogP contribution in [-0.2, 0) is 3.74 Å². The van der Waals surface area contributed by atoms with E-state index in [0.29, 0.717) is 5.75 Å². The molecule has 5 heteroatoms. The van der Waals surface area contributed by atoms with Crippen molar-refractivity contribution >= 4 is 18.5 Å². The normalized spacial score (nSPS) is 11.2. The number of benzene rings is 1.